The van der Waals surface area contributed by atoms with Gasteiger partial charge < -0.3 is 24.4 Å². The summed E-state index contributed by atoms with van der Waals surface area (Å²) in [6, 6.07) is -0.523. The highest BCUT2D eigenvalue weighted by molar-refractivity contribution is 5.89. The zero-order valence-electron chi connectivity index (χ0n) is 17.2. The molecule has 0 heterocycles. The first-order chi connectivity index (χ1) is 12.0. The monoisotopic (exact) mass is 370 g/mol. The SMILES string of the molecule is CCCN(CC(=O)N(C)C(C=O)C(C)C)C(=O)CN(C)C(=O)CN(C)C. The second kappa shape index (κ2) is 11.6. The predicted octanol–water partition coefficient (Wildman–Crippen LogP) is -0.0731. The Labute approximate surface area is 157 Å². The summed E-state index contributed by atoms with van der Waals surface area (Å²) in [6.07, 6.45) is 1.45. The third kappa shape index (κ3) is 7.95. The fraction of sp³-hybridized carbons (Fsp3) is 0.778. The van der Waals surface area contributed by atoms with Crippen LogP contribution in [-0.2, 0) is 19.2 Å². The van der Waals surface area contributed by atoms with Gasteiger partial charge in [0.05, 0.1) is 25.7 Å². The van der Waals surface area contributed by atoms with Crippen LogP contribution >= 0.6 is 0 Å². The fourth-order valence-electron chi connectivity index (χ4n) is 2.48. The molecular formula is C18H34N4O4. The minimum Gasteiger partial charge on any atom is -0.335 e. The van der Waals surface area contributed by atoms with Crippen LogP contribution in [0.15, 0.2) is 0 Å². The molecule has 1 unspecified atom stereocenters. The highest BCUT2D eigenvalue weighted by atomic mass is 16.2. The molecule has 3 amide bonds. The minimum atomic E-state index is -0.523. The Balaban J connectivity index is 4.95. The molecule has 0 fully saturated rings. The molecule has 26 heavy (non-hydrogen) atoms. The molecular weight excluding hydrogens is 336 g/mol. The Hall–Kier alpha value is -1.96. The van der Waals surface area contributed by atoms with Crippen molar-refractivity contribution in [2.75, 3.05) is 54.4 Å². The van der Waals surface area contributed by atoms with Gasteiger partial charge in [0, 0.05) is 20.6 Å². The van der Waals surface area contributed by atoms with Gasteiger partial charge in [0.1, 0.15) is 6.29 Å². The summed E-state index contributed by atoms with van der Waals surface area (Å²) in [5.41, 5.74) is 0. The molecule has 0 aliphatic heterocycles. The van der Waals surface area contributed by atoms with Crippen LogP contribution in [0.25, 0.3) is 0 Å². The number of rotatable bonds is 11. The molecule has 0 radical (unpaired) electrons. The number of hydrogen-bond donors (Lipinski definition) is 0. The van der Waals surface area contributed by atoms with E-state index in [-0.39, 0.29) is 43.3 Å². The summed E-state index contributed by atoms with van der Waals surface area (Å²) >= 11 is 0. The van der Waals surface area contributed by atoms with Crippen molar-refractivity contribution in [1.82, 2.24) is 19.6 Å². The highest BCUT2D eigenvalue weighted by Crippen LogP contribution is 2.08. The molecule has 8 nitrogen and oxygen atoms in total. The molecule has 150 valence electrons. The van der Waals surface area contributed by atoms with E-state index in [1.165, 1.54) is 14.7 Å². The first-order valence-electron chi connectivity index (χ1n) is 8.92. The summed E-state index contributed by atoms with van der Waals surface area (Å²) < 4.78 is 0. The molecule has 0 rings (SSSR count). The van der Waals surface area contributed by atoms with Crippen molar-refractivity contribution in [1.29, 1.82) is 0 Å². The molecule has 1 atom stereocenters. The van der Waals surface area contributed by atoms with Gasteiger partial charge in [-0.2, -0.15) is 0 Å². The predicted molar refractivity (Wildman–Crippen MR) is 101 cm³/mol. The van der Waals surface area contributed by atoms with E-state index >= 15 is 0 Å². The lowest BCUT2D eigenvalue weighted by Gasteiger charge is -2.30. The third-order valence-electron chi connectivity index (χ3n) is 4.09. The van der Waals surface area contributed by atoms with Crippen LogP contribution in [0, 0.1) is 5.92 Å². The van der Waals surface area contributed by atoms with Crippen LogP contribution < -0.4 is 0 Å². The van der Waals surface area contributed by atoms with Crippen LogP contribution in [0.3, 0.4) is 0 Å². The fourth-order valence-corrected chi connectivity index (χ4v) is 2.48. The smallest absolute Gasteiger partial charge is 0.242 e. The zero-order chi connectivity index (χ0) is 20.4. The molecule has 0 aromatic heterocycles. The van der Waals surface area contributed by atoms with Crippen molar-refractivity contribution in [2.24, 2.45) is 5.92 Å². The van der Waals surface area contributed by atoms with Crippen LogP contribution in [-0.4, -0.2) is 104 Å². The number of hydrogen-bond acceptors (Lipinski definition) is 5. The van der Waals surface area contributed by atoms with Crippen LogP contribution in [0.4, 0.5) is 0 Å². The van der Waals surface area contributed by atoms with Gasteiger partial charge in [-0.15, -0.1) is 0 Å². The number of amides is 3. The van der Waals surface area contributed by atoms with Crippen molar-refractivity contribution in [2.45, 2.75) is 33.2 Å². The van der Waals surface area contributed by atoms with E-state index in [2.05, 4.69) is 0 Å². The maximum absolute atomic E-state index is 12.5. The maximum Gasteiger partial charge on any atom is 0.242 e. The average molecular weight is 370 g/mol. The normalized spacial score (nSPS) is 12.0. The van der Waals surface area contributed by atoms with Gasteiger partial charge in [0.15, 0.2) is 0 Å². The molecule has 0 aliphatic rings. The van der Waals surface area contributed by atoms with E-state index in [4.69, 9.17) is 0 Å². The van der Waals surface area contributed by atoms with Gasteiger partial charge in [-0.3, -0.25) is 14.4 Å². The summed E-state index contributed by atoms with van der Waals surface area (Å²) in [5, 5.41) is 0. The van der Waals surface area contributed by atoms with E-state index in [9.17, 15) is 19.2 Å². The van der Waals surface area contributed by atoms with Crippen molar-refractivity contribution >= 4 is 24.0 Å². The molecule has 0 saturated carbocycles. The Morgan fingerprint density at radius 2 is 1.46 bits per heavy atom. The van der Waals surface area contributed by atoms with Gasteiger partial charge in [0.2, 0.25) is 17.7 Å². The molecule has 0 bridgehead atoms. The van der Waals surface area contributed by atoms with E-state index in [0.29, 0.717) is 13.0 Å². The molecule has 0 spiro atoms. The first-order valence-corrected chi connectivity index (χ1v) is 8.92. The van der Waals surface area contributed by atoms with E-state index in [1.54, 1.807) is 33.1 Å². The molecule has 0 N–H and O–H groups in total. The van der Waals surface area contributed by atoms with E-state index < -0.39 is 6.04 Å². The molecule has 8 heteroatoms. The lowest BCUT2D eigenvalue weighted by Crippen LogP contribution is -2.50. The quantitative estimate of drug-likeness (QED) is 0.476. The van der Waals surface area contributed by atoms with Crippen molar-refractivity contribution < 1.29 is 19.2 Å². The number of carbonyl (C=O) groups is 4. The van der Waals surface area contributed by atoms with Crippen LogP contribution in [0.5, 0.6) is 0 Å². The second-order valence-electron chi connectivity index (χ2n) is 7.18. The largest absolute Gasteiger partial charge is 0.335 e. The molecule has 0 aromatic carbocycles. The van der Waals surface area contributed by atoms with Crippen molar-refractivity contribution in [3.05, 3.63) is 0 Å². The Morgan fingerprint density at radius 3 is 1.88 bits per heavy atom. The Morgan fingerprint density at radius 1 is 0.885 bits per heavy atom. The number of aldehydes is 1. The molecule has 0 aromatic rings. The van der Waals surface area contributed by atoms with Crippen molar-refractivity contribution in [3.8, 4) is 0 Å². The second-order valence-corrected chi connectivity index (χ2v) is 7.18. The summed E-state index contributed by atoms with van der Waals surface area (Å²) in [4.78, 5) is 54.2. The van der Waals surface area contributed by atoms with Gasteiger partial charge in [-0.25, -0.2) is 0 Å². The maximum atomic E-state index is 12.5. The third-order valence-corrected chi connectivity index (χ3v) is 4.09. The molecule has 0 aliphatic carbocycles. The first kappa shape index (κ1) is 24.0. The number of likely N-dealkylation sites (N-methyl/N-ethyl adjacent to an activating group) is 3. The van der Waals surface area contributed by atoms with Gasteiger partial charge >= 0.3 is 0 Å². The summed E-state index contributed by atoms with van der Waals surface area (Å²) in [7, 11) is 6.71. The number of carbonyl (C=O) groups excluding carboxylic acids is 4. The van der Waals surface area contributed by atoms with E-state index in [1.807, 2.05) is 20.8 Å². The zero-order valence-corrected chi connectivity index (χ0v) is 17.2. The van der Waals surface area contributed by atoms with Gasteiger partial charge in [-0.1, -0.05) is 20.8 Å². The van der Waals surface area contributed by atoms with E-state index in [0.717, 1.165) is 6.29 Å². The summed E-state index contributed by atoms with van der Waals surface area (Å²) in [6.45, 7) is 6.10. The van der Waals surface area contributed by atoms with Gasteiger partial charge in [-0.05, 0) is 26.4 Å². The standard InChI is InChI=1S/C18H34N4O4/c1-8-9-22(12-17(25)21(7)15(13-23)14(2)3)18(26)11-20(6)16(24)10-19(4)5/h13-15H,8-12H2,1-7H3. The Bertz CT molecular complexity index is 494. The highest BCUT2D eigenvalue weighted by Gasteiger charge is 2.26. The topological polar surface area (TPSA) is 81.2 Å². The summed E-state index contributed by atoms with van der Waals surface area (Å²) in [5.74, 6) is -0.745. The lowest BCUT2D eigenvalue weighted by molar-refractivity contribution is -0.144. The van der Waals surface area contributed by atoms with Crippen LogP contribution in [0.2, 0.25) is 0 Å². The minimum absolute atomic E-state index is 0.00781. The van der Waals surface area contributed by atoms with Crippen LogP contribution in [0.1, 0.15) is 27.2 Å². The Kier molecular flexibility index (Phi) is 10.7. The lowest BCUT2D eigenvalue weighted by atomic mass is 10.0. The van der Waals surface area contributed by atoms with Crippen molar-refractivity contribution in [3.63, 3.8) is 0 Å². The molecule has 0 saturated heterocycles. The number of nitrogens with zero attached hydrogens (tertiary/aromatic N) is 4. The van der Waals surface area contributed by atoms with Gasteiger partial charge in [0.25, 0.3) is 0 Å². The average Bonchev–Trinajstić information content (AvgIpc) is 2.53.